The number of ether oxygens (including phenoxy) is 1. The van der Waals surface area contributed by atoms with Gasteiger partial charge in [-0.05, 0) is 35.4 Å². The number of hydrogen-bond donors (Lipinski definition) is 1. The van der Waals surface area contributed by atoms with E-state index >= 15 is 0 Å². The van der Waals surface area contributed by atoms with Gasteiger partial charge in [-0.25, -0.2) is 0 Å². The second-order valence-electron chi connectivity index (χ2n) is 5.03. The third kappa shape index (κ3) is 4.01. The number of para-hydroxylation sites is 1. The molecule has 0 atom stereocenters. The SMILES string of the molecule is O=C(NCc1ccccc1COc1ccccc1)c1ccco1. The minimum Gasteiger partial charge on any atom is -0.489 e. The van der Waals surface area contributed by atoms with E-state index in [1.165, 1.54) is 6.26 Å². The lowest BCUT2D eigenvalue weighted by atomic mass is 10.1. The van der Waals surface area contributed by atoms with Gasteiger partial charge in [-0.15, -0.1) is 0 Å². The molecule has 23 heavy (non-hydrogen) atoms. The van der Waals surface area contributed by atoms with Crippen molar-refractivity contribution >= 4 is 5.91 Å². The highest BCUT2D eigenvalue weighted by Crippen LogP contribution is 2.15. The Kier molecular flexibility index (Phi) is 4.74. The maximum atomic E-state index is 11.9. The molecule has 0 aliphatic heterocycles. The highest BCUT2D eigenvalue weighted by Gasteiger charge is 2.09. The van der Waals surface area contributed by atoms with E-state index < -0.39 is 0 Å². The van der Waals surface area contributed by atoms with Gasteiger partial charge in [0.25, 0.3) is 5.91 Å². The molecule has 0 fully saturated rings. The van der Waals surface area contributed by atoms with Crippen LogP contribution in [-0.4, -0.2) is 5.91 Å². The van der Waals surface area contributed by atoms with Gasteiger partial charge in [0.15, 0.2) is 5.76 Å². The van der Waals surface area contributed by atoms with Gasteiger partial charge < -0.3 is 14.5 Å². The molecule has 0 bridgehead atoms. The van der Waals surface area contributed by atoms with Crippen molar-refractivity contribution < 1.29 is 13.9 Å². The Balaban J connectivity index is 1.62. The summed E-state index contributed by atoms with van der Waals surface area (Å²) >= 11 is 0. The molecule has 116 valence electrons. The zero-order valence-corrected chi connectivity index (χ0v) is 12.6. The van der Waals surface area contributed by atoms with Crippen molar-refractivity contribution in [2.75, 3.05) is 0 Å². The second-order valence-corrected chi connectivity index (χ2v) is 5.03. The molecule has 2 aromatic carbocycles. The number of hydrogen-bond acceptors (Lipinski definition) is 3. The van der Waals surface area contributed by atoms with Crippen molar-refractivity contribution in [1.29, 1.82) is 0 Å². The maximum absolute atomic E-state index is 11.9. The molecule has 4 heteroatoms. The summed E-state index contributed by atoms with van der Waals surface area (Å²) in [7, 11) is 0. The third-order valence-electron chi connectivity index (χ3n) is 3.44. The Hall–Kier alpha value is -3.01. The molecule has 1 N–H and O–H groups in total. The first kappa shape index (κ1) is 14.9. The highest BCUT2D eigenvalue weighted by molar-refractivity contribution is 5.91. The molecule has 3 aromatic rings. The first-order valence-electron chi connectivity index (χ1n) is 7.39. The third-order valence-corrected chi connectivity index (χ3v) is 3.44. The van der Waals surface area contributed by atoms with Crippen molar-refractivity contribution in [3.63, 3.8) is 0 Å². The van der Waals surface area contributed by atoms with E-state index in [0.717, 1.165) is 16.9 Å². The van der Waals surface area contributed by atoms with Crippen LogP contribution in [0.5, 0.6) is 5.75 Å². The first-order chi connectivity index (χ1) is 11.3. The van der Waals surface area contributed by atoms with E-state index in [2.05, 4.69) is 5.32 Å². The van der Waals surface area contributed by atoms with Gasteiger partial charge >= 0.3 is 0 Å². The topological polar surface area (TPSA) is 51.5 Å². The highest BCUT2D eigenvalue weighted by atomic mass is 16.5. The lowest BCUT2D eigenvalue weighted by Crippen LogP contribution is -2.23. The van der Waals surface area contributed by atoms with Gasteiger partial charge in [0.2, 0.25) is 0 Å². The number of carbonyl (C=O) groups excluding carboxylic acids is 1. The van der Waals surface area contributed by atoms with Crippen molar-refractivity contribution in [2.24, 2.45) is 0 Å². The molecule has 3 rings (SSSR count). The van der Waals surface area contributed by atoms with Crippen LogP contribution in [-0.2, 0) is 13.2 Å². The smallest absolute Gasteiger partial charge is 0.287 e. The van der Waals surface area contributed by atoms with Crippen LogP contribution in [0.4, 0.5) is 0 Å². The van der Waals surface area contributed by atoms with Crippen molar-refractivity contribution in [2.45, 2.75) is 13.2 Å². The summed E-state index contributed by atoms with van der Waals surface area (Å²) in [4.78, 5) is 11.9. The van der Waals surface area contributed by atoms with Crippen molar-refractivity contribution in [3.05, 3.63) is 89.9 Å². The monoisotopic (exact) mass is 307 g/mol. The van der Waals surface area contributed by atoms with Crippen molar-refractivity contribution in [1.82, 2.24) is 5.32 Å². The molecule has 0 spiro atoms. The van der Waals surface area contributed by atoms with E-state index in [4.69, 9.17) is 9.15 Å². The molecular formula is C19H17NO3. The lowest BCUT2D eigenvalue weighted by Gasteiger charge is -2.11. The largest absolute Gasteiger partial charge is 0.489 e. The van der Waals surface area contributed by atoms with Gasteiger partial charge in [-0.1, -0.05) is 42.5 Å². The summed E-state index contributed by atoms with van der Waals surface area (Å²) in [6.45, 7) is 0.880. The van der Waals surface area contributed by atoms with Gasteiger partial charge in [0.1, 0.15) is 12.4 Å². The van der Waals surface area contributed by atoms with E-state index in [1.54, 1.807) is 12.1 Å². The predicted molar refractivity (Wildman–Crippen MR) is 87.1 cm³/mol. The van der Waals surface area contributed by atoms with E-state index in [1.807, 2.05) is 54.6 Å². The van der Waals surface area contributed by atoms with Crippen LogP contribution in [0.3, 0.4) is 0 Å². The Bertz CT molecular complexity index is 751. The summed E-state index contributed by atoms with van der Waals surface area (Å²) in [5, 5.41) is 2.85. The van der Waals surface area contributed by atoms with Gasteiger partial charge in [0.05, 0.1) is 6.26 Å². The zero-order chi connectivity index (χ0) is 15.9. The van der Waals surface area contributed by atoms with E-state index in [9.17, 15) is 4.79 Å². The Labute approximate surface area is 134 Å². The van der Waals surface area contributed by atoms with Crippen LogP contribution in [0, 0.1) is 0 Å². The van der Waals surface area contributed by atoms with Gasteiger partial charge in [-0.2, -0.15) is 0 Å². The minimum atomic E-state index is -0.228. The number of rotatable bonds is 6. The molecule has 1 amide bonds. The van der Waals surface area contributed by atoms with Crippen LogP contribution in [0.25, 0.3) is 0 Å². The molecule has 1 heterocycles. The molecule has 0 unspecified atom stereocenters. The number of carbonyl (C=O) groups is 1. The Morgan fingerprint density at radius 1 is 0.913 bits per heavy atom. The Morgan fingerprint density at radius 2 is 1.65 bits per heavy atom. The van der Waals surface area contributed by atoms with Crippen LogP contribution < -0.4 is 10.1 Å². The minimum absolute atomic E-state index is 0.228. The number of furan rings is 1. The molecule has 0 saturated carbocycles. The van der Waals surface area contributed by atoms with Crippen LogP contribution in [0.15, 0.2) is 77.4 Å². The number of amides is 1. The fraction of sp³-hybridized carbons (Fsp3) is 0.105. The summed E-state index contributed by atoms with van der Waals surface area (Å²) in [5.41, 5.74) is 2.06. The average molecular weight is 307 g/mol. The summed E-state index contributed by atoms with van der Waals surface area (Å²) < 4.78 is 10.9. The Morgan fingerprint density at radius 3 is 2.39 bits per heavy atom. The first-order valence-corrected chi connectivity index (χ1v) is 7.39. The zero-order valence-electron chi connectivity index (χ0n) is 12.6. The number of benzene rings is 2. The standard InChI is InChI=1S/C19H17NO3/c21-19(18-11-6-12-22-18)20-13-15-7-4-5-8-16(15)14-23-17-9-2-1-3-10-17/h1-12H,13-14H2,(H,20,21). The molecule has 0 saturated heterocycles. The summed E-state index contributed by atoms with van der Waals surface area (Å²) in [5.74, 6) is 0.902. The van der Waals surface area contributed by atoms with Crippen LogP contribution >= 0.6 is 0 Å². The van der Waals surface area contributed by atoms with Gasteiger partial charge in [-0.3, -0.25) is 4.79 Å². The molecular weight excluding hydrogens is 290 g/mol. The van der Waals surface area contributed by atoms with Crippen LogP contribution in [0.2, 0.25) is 0 Å². The summed E-state index contributed by atoms with van der Waals surface area (Å²) in [6, 6.07) is 20.9. The summed E-state index contributed by atoms with van der Waals surface area (Å²) in [6.07, 6.45) is 1.48. The van der Waals surface area contributed by atoms with Crippen molar-refractivity contribution in [3.8, 4) is 5.75 Å². The molecule has 1 aromatic heterocycles. The predicted octanol–water partition coefficient (Wildman–Crippen LogP) is 3.79. The quantitative estimate of drug-likeness (QED) is 0.754. The van der Waals surface area contributed by atoms with Crippen LogP contribution in [0.1, 0.15) is 21.7 Å². The second kappa shape index (κ2) is 7.31. The maximum Gasteiger partial charge on any atom is 0.287 e. The fourth-order valence-electron chi connectivity index (χ4n) is 2.22. The fourth-order valence-corrected chi connectivity index (χ4v) is 2.22. The average Bonchev–Trinajstić information content (AvgIpc) is 3.14. The van der Waals surface area contributed by atoms with E-state index in [0.29, 0.717) is 18.9 Å². The molecule has 4 nitrogen and oxygen atoms in total. The molecule has 0 radical (unpaired) electrons. The lowest BCUT2D eigenvalue weighted by molar-refractivity contribution is 0.0923. The normalized spacial score (nSPS) is 10.3. The molecule has 0 aliphatic carbocycles. The van der Waals surface area contributed by atoms with E-state index in [-0.39, 0.29) is 5.91 Å². The number of nitrogens with one attached hydrogen (secondary N) is 1. The van der Waals surface area contributed by atoms with Gasteiger partial charge in [0, 0.05) is 6.54 Å². The molecule has 0 aliphatic rings.